The lowest BCUT2D eigenvalue weighted by Gasteiger charge is -2.18. The number of hydrogen-bond acceptors (Lipinski definition) is 8. The average Bonchev–Trinajstić information content (AvgIpc) is 2.71. The Kier molecular flexibility index (Phi) is 19.4. The summed E-state index contributed by atoms with van der Waals surface area (Å²) in [4.78, 5) is 24.4. The first-order valence-corrected chi connectivity index (χ1v) is 9.77. The monoisotopic (exact) mass is 440 g/mol. The second-order valence-electron chi connectivity index (χ2n) is 5.97. The fourth-order valence-corrected chi connectivity index (χ4v) is 2.12. The van der Waals surface area contributed by atoms with Gasteiger partial charge in [0.05, 0.1) is 66.1 Å². The number of rotatable bonds is 21. The van der Waals surface area contributed by atoms with Gasteiger partial charge in [-0.05, 0) is 0 Å². The Balaban J connectivity index is 3.42. The third-order valence-electron chi connectivity index (χ3n) is 3.80. The van der Waals surface area contributed by atoms with Crippen molar-refractivity contribution in [2.45, 2.75) is 0 Å². The molecule has 0 aliphatic rings. The normalized spacial score (nSPS) is 10.9. The molecule has 0 saturated heterocycles. The van der Waals surface area contributed by atoms with E-state index in [-0.39, 0.29) is 26.3 Å². The number of methoxy groups -OCH3 is 2. The molecule has 2 N–H and O–H groups in total. The van der Waals surface area contributed by atoms with Gasteiger partial charge in [-0.1, -0.05) is 0 Å². The number of nitrogens with zero attached hydrogens (tertiary/aromatic N) is 2. The molecular weight excluding hydrogens is 404 g/mol. The van der Waals surface area contributed by atoms with Gasteiger partial charge in [-0.25, -0.2) is 9.59 Å². The van der Waals surface area contributed by atoms with Crippen LogP contribution in [0.3, 0.4) is 0 Å². The lowest BCUT2D eigenvalue weighted by molar-refractivity contribution is -0.00584. The van der Waals surface area contributed by atoms with E-state index in [0.717, 1.165) is 0 Å². The lowest BCUT2D eigenvalue weighted by Crippen LogP contribution is -2.35. The summed E-state index contributed by atoms with van der Waals surface area (Å²) in [5.41, 5.74) is 0. The molecule has 30 heavy (non-hydrogen) atoms. The van der Waals surface area contributed by atoms with Gasteiger partial charge in [0.15, 0.2) is 0 Å². The predicted octanol–water partition coefficient (Wildman–Crippen LogP) is 0.306. The Hall–Kier alpha value is -1.70. The van der Waals surface area contributed by atoms with Crippen LogP contribution in [0.1, 0.15) is 0 Å². The highest BCUT2D eigenvalue weighted by molar-refractivity contribution is 5.65. The van der Waals surface area contributed by atoms with Crippen molar-refractivity contribution in [1.82, 2.24) is 9.80 Å². The van der Waals surface area contributed by atoms with Crippen LogP contribution in [0, 0.1) is 0 Å². The Labute approximate surface area is 177 Å². The molecule has 0 heterocycles. The Bertz CT molecular complexity index is 390. The maximum Gasteiger partial charge on any atom is 0.407 e. The fraction of sp³-hybridized carbons (Fsp3) is 0.889. The van der Waals surface area contributed by atoms with Crippen LogP contribution in [-0.2, 0) is 28.4 Å². The van der Waals surface area contributed by atoms with Gasteiger partial charge in [0.1, 0.15) is 0 Å². The Morgan fingerprint density at radius 3 is 1.07 bits per heavy atom. The zero-order valence-corrected chi connectivity index (χ0v) is 18.0. The summed E-state index contributed by atoms with van der Waals surface area (Å²) in [6.45, 7) is 4.74. The van der Waals surface area contributed by atoms with Crippen molar-refractivity contribution in [3.63, 3.8) is 0 Å². The molecule has 0 saturated carbocycles. The first-order valence-electron chi connectivity index (χ1n) is 9.77. The number of hydrogen-bond donors (Lipinski definition) is 2. The SMILES string of the molecule is COCCN(CCOCCOCCOCCOCCN(CCOC)C(=O)O)C(=O)O. The van der Waals surface area contributed by atoms with E-state index in [9.17, 15) is 9.59 Å². The van der Waals surface area contributed by atoms with Crippen LogP contribution >= 0.6 is 0 Å². The summed E-state index contributed by atoms with van der Waals surface area (Å²) in [6, 6.07) is 0. The van der Waals surface area contributed by atoms with Gasteiger partial charge in [0, 0.05) is 40.4 Å². The maximum absolute atomic E-state index is 11.0. The third-order valence-corrected chi connectivity index (χ3v) is 3.80. The van der Waals surface area contributed by atoms with Gasteiger partial charge in [0.25, 0.3) is 0 Å². The van der Waals surface area contributed by atoms with E-state index in [1.54, 1.807) is 0 Å². The largest absolute Gasteiger partial charge is 0.465 e. The molecule has 0 aliphatic carbocycles. The second kappa shape index (κ2) is 20.6. The molecule has 0 aromatic rings. The molecule has 0 rings (SSSR count). The fourth-order valence-electron chi connectivity index (χ4n) is 2.12. The smallest absolute Gasteiger partial charge is 0.407 e. The highest BCUT2D eigenvalue weighted by Gasteiger charge is 2.11. The molecule has 0 atom stereocenters. The number of amides is 2. The highest BCUT2D eigenvalue weighted by atomic mass is 16.6. The summed E-state index contributed by atoms with van der Waals surface area (Å²) in [7, 11) is 3.04. The molecule has 0 aromatic heterocycles. The summed E-state index contributed by atoms with van der Waals surface area (Å²) in [5.74, 6) is 0. The zero-order valence-electron chi connectivity index (χ0n) is 18.0. The minimum Gasteiger partial charge on any atom is -0.465 e. The van der Waals surface area contributed by atoms with E-state index in [2.05, 4.69) is 0 Å². The van der Waals surface area contributed by atoms with Crippen LogP contribution in [0.4, 0.5) is 9.59 Å². The minimum absolute atomic E-state index is 0.276. The standard InChI is InChI=1S/C18H36N2O10/c1-25-7-3-19(17(21)22)5-9-27-11-13-29-15-16-30-14-12-28-10-6-20(18(23)24)4-8-26-2/h3-16H2,1-2H3,(H,21,22)(H,23,24). The average molecular weight is 440 g/mol. The maximum atomic E-state index is 11.0. The second-order valence-corrected chi connectivity index (χ2v) is 5.97. The topological polar surface area (TPSA) is 136 Å². The Morgan fingerprint density at radius 2 is 0.800 bits per heavy atom. The first-order chi connectivity index (χ1) is 14.5. The van der Waals surface area contributed by atoms with Crippen molar-refractivity contribution in [3.8, 4) is 0 Å². The Morgan fingerprint density at radius 1 is 0.533 bits per heavy atom. The molecule has 0 spiro atoms. The summed E-state index contributed by atoms with van der Waals surface area (Å²) in [6.07, 6.45) is -2.00. The van der Waals surface area contributed by atoms with Crippen molar-refractivity contribution in [2.75, 3.05) is 106 Å². The van der Waals surface area contributed by atoms with E-state index >= 15 is 0 Å². The van der Waals surface area contributed by atoms with Gasteiger partial charge < -0.3 is 48.4 Å². The summed E-state index contributed by atoms with van der Waals surface area (Å²) >= 11 is 0. The van der Waals surface area contributed by atoms with Gasteiger partial charge in [0.2, 0.25) is 0 Å². The van der Waals surface area contributed by atoms with E-state index in [1.807, 2.05) is 0 Å². The van der Waals surface area contributed by atoms with Crippen LogP contribution in [0.15, 0.2) is 0 Å². The molecule has 0 fully saturated rings. The van der Waals surface area contributed by atoms with Gasteiger partial charge in [-0.15, -0.1) is 0 Å². The van der Waals surface area contributed by atoms with Crippen LogP contribution in [-0.4, -0.2) is 139 Å². The van der Waals surface area contributed by atoms with Crippen molar-refractivity contribution in [1.29, 1.82) is 0 Å². The van der Waals surface area contributed by atoms with E-state index < -0.39 is 12.2 Å². The number of ether oxygens (including phenoxy) is 6. The molecule has 2 amide bonds. The predicted molar refractivity (Wildman–Crippen MR) is 106 cm³/mol. The summed E-state index contributed by atoms with van der Waals surface area (Å²) in [5, 5.41) is 18.0. The molecule has 0 aliphatic heterocycles. The summed E-state index contributed by atoms with van der Waals surface area (Å²) < 4.78 is 31.1. The van der Waals surface area contributed by atoms with Gasteiger partial charge in [-0.2, -0.15) is 0 Å². The minimum atomic E-state index is -1.00. The van der Waals surface area contributed by atoms with Gasteiger partial charge in [-0.3, -0.25) is 0 Å². The zero-order chi connectivity index (χ0) is 22.5. The molecule has 0 aromatic carbocycles. The van der Waals surface area contributed by atoms with E-state index in [0.29, 0.717) is 65.9 Å². The molecule has 12 heteroatoms. The van der Waals surface area contributed by atoms with E-state index in [4.69, 9.17) is 38.6 Å². The molecule has 178 valence electrons. The van der Waals surface area contributed by atoms with Crippen molar-refractivity contribution >= 4 is 12.2 Å². The van der Waals surface area contributed by atoms with Crippen LogP contribution in [0.25, 0.3) is 0 Å². The molecule has 0 radical (unpaired) electrons. The van der Waals surface area contributed by atoms with Crippen molar-refractivity contribution in [3.05, 3.63) is 0 Å². The van der Waals surface area contributed by atoms with Crippen molar-refractivity contribution < 1.29 is 48.2 Å². The molecular formula is C18H36N2O10. The van der Waals surface area contributed by atoms with Crippen molar-refractivity contribution in [2.24, 2.45) is 0 Å². The third kappa shape index (κ3) is 17.2. The molecule has 12 nitrogen and oxygen atoms in total. The quantitative estimate of drug-likeness (QED) is 0.240. The van der Waals surface area contributed by atoms with Crippen LogP contribution in [0.5, 0.6) is 0 Å². The molecule has 0 bridgehead atoms. The van der Waals surface area contributed by atoms with Gasteiger partial charge >= 0.3 is 12.2 Å². The number of carbonyl (C=O) groups is 2. The number of carboxylic acid groups (broad SMARTS) is 2. The van der Waals surface area contributed by atoms with E-state index in [1.165, 1.54) is 24.0 Å². The first kappa shape index (κ1) is 28.3. The van der Waals surface area contributed by atoms with Crippen LogP contribution < -0.4 is 0 Å². The van der Waals surface area contributed by atoms with Crippen LogP contribution in [0.2, 0.25) is 0 Å². The lowest BCUT2D eigenvalue weighted by atomic mass is 10.5. The molecule has 0 unspecified atom stereocenters. The highest BCUT2D eigenvalue weighted by Crippen LogP contribution is 1.92.